The highest BCUT2D eigenvalue weighted by Gasteiger charge is 2.30. The van der Waals surface area contributed by atoms with Gasteiger partial charge in [0.25, 0.3) is 0 Å². The van der Waals surface area contributed by atoms with Gasteiger partial charge in [-0.15, -0.1) is 0 Å². The first-order valence-electron chi connectivity index (χ1n) is 11.5. The highest BCUT2D eigenvalue weighted by molar-refractivity contribution is 7.80. The lowest BCUT2D eigenvalue weighted by molar-refractivity contribution is -0.142. The van der Waals surface area contributed by atoms with Gasteiger partial charge in [-0.2, -0.15) is 12.6 Å². The number of carbonyl (C=O) groups is 5. The molecule has 0 aliphatic rings. The maximum atomic E-state index is 12.9. The molecule has 2 aromatic carbocycles. The molecule has 198 valence electrons. The fourth-order valence-electron chi connectivity index (χ4n) is 3.44. The molecule has 0 radical (unpaired) electrons. The van der Waals surface area contributed by atoms with E-state index in [2.05, 4.69) is 28.6 Å². The van der Waals surface area contributed by atoms with Crippen LogP contribution in [0.4, 0.5) is 0 Å². The van der Waals surface area contributed by atoms with Crippen LogP contribution in [0, 0.1) is 0 Å². The lowest BCUT2D eigenvalue weighted by Gasteiger charge is -2.24. The van der Waals surface area contributed by atoms with Crippen LogP contribution < -0.4 is 27.4 Å². The Hall–Kier alpha value is -3.90. The van der Waals surface area contributed by atoms with E-state index in [1.54, 1.807) is 54.6 Å². The van der Waals surface area contributed by atoms with Crippen LogP contribution in [0.5, 0.6) is 0 Å². The molecule has 0 fully saturated rings. The van der Waals surface area contributed by atoms with E-state index < -0.39 is 60.2 Å². The summed E-state index contributed by atoms with van der Waals surface area (Å²) in [5.74, 6) is -4.66. The third-order valence-electron chi connectivity index (χ3n) is 5.39. The molecule has 0 saturated carbocycles. The lowest BCUT2D eigenvalue weighted by atomic mass is 10.0. The molecule has 0 aliphatic carbocycles. The Morgan fingerprint density at radius 1 is 0.730 bits per heavy atom. The van der Waals surface area contributed by atoms with E-state index in [-0.39, 0.29) is 18.6 Å². The molecule has 0 bridgehead atoms. The van der Waals surface area contributed by atoms with Crippen LogP contribution in [0.2, 0.25) is 0 Å². The molecule has 0 aliphatic heterocycles. The summed E-state index contributed by atoms with van der Waals surface area (Å²) in [6.45, 7) is 0. The number of hydrogen-bond donors (Lipinski definition) is 7. The maximum Gasteiger partial charge on any atom is 0.326 e. The third kappa shape index (κ3) is 9.94. The summed E-state index contributed by atoms with van der Waals surface area (Å²) in [5, 5.41) is 16.7. The second-order valence-electron chi connectivity index (χ2n) is 8.36. The van der Waals surface area contributed by atoms with Gasteiger partial charge in [-0.3, -0.25) is 19.2 Å². The summed E-state index contributed by atoms with van der Waals surface area (Å²) in [7, 11) is 0. The summed E-state index contributed by atoms with van der Waals surface area (Å²) < 4.78 is 0. The number of hydrogen-bond acceptors (Lipinski definition) is 7. The quantitative estimate of drug-likeness (QED) is 0.155. The van der Waals surface area contributed by atoms with Crippen LogP contribution in [0.25, 0.3) is 0 Å². The van der Waals surface area contributed by atoms with Crippen molar-refractivity contribution >= 4 is 42.2 Å². The average Bonchev–Trinajstić information content (AvgIpc) is 2.87. The largest absolute Gasteiger partial charge is 0.480 e. The highest BCUT2D eigenvalue weighted by atomic mass is 32.1. The topological polar surface area (TPSA) is 194 Å². The number of primary amides is 1. The molecule has 0 saturated heterocycles. The zero-order valence-corrected chi connectivity index (χ0v) is 20.9. The van der Waals surface area contributed by atoms with Gasteiger partial charge in [0.05, 0.1) is 12.5 Å². The van der Waals surface area contributed by atoms with E-state index >= 15 is 0 Å². The molecular weight excluding hydrogens is 498 g/mol. The third-order valence-corrected chi connectivity index (χ3v) is 5.75. The van der Waals surface area contributed by atoms with Crippen molar-refractivity contribution < 1.29 is 29.1 Å². The maximum absolute atomic E-state index is 12.9. The second kappa shape index (κ2) is 14.6. The van der Waals surface area contributed by atoms with Gasteiger partial charge >= 0.3 is 5.97 Å². The van der Waals surface area contributed by atoms with Gasteiger partial charge in [0.15, 0.2) is 0 Å². The van der Waals surface area contributed by atoms with Crippen molar-refractivity contribution in [2.45, 2.75) is 43.4 Å². The monoisotopic (exact) mass is 529 g/mol. The molecule has 4 atom stereocenters. The van der Waals surface area contributed by atoms with Crippen molar-refractivity contribution in [3.63, 3.8) is 0 Å². The summed E-state index contributed by atoms with van der Waals surface area (Å²) >= 11 is 4.08. The van der Waals surface area contributed by atoms with E-state index in [4.69, 9.17) is 11.5 Å². The molecule has 4 amide bonds. The Morgan fingerprint density at radius 2 is 1.19 bits per heavy atom. The van der Waals surface area contributed by atoms with Crippen molar-refractivity contribution in [2.75, 3.05) is 5.75 Å². The number of carboxylic acids is 1. The summed E-state index contributed by atoms with van der Waals surface area (Å²) in [6, 6.07) is 12.8. The first-order chi connectivity index (χ1) is 17.6. The number of nitrogens with one attached hydrogen (secondary N) is 3. The van der Waals surface area contributed by atoms with Gasteiger partial charge in [-0.05, 0) is 17.5 Å². The molecule has 8 N–H and O–H groups in total. The summed E-state index contributed by atoms with van der Waals surface area (Å²) in [6.07, 6.45) is -0.325. The van der Waals surface area contributed by atoms with Crippen LogP contribution in [-0.4, -0.2) is 64.6 Å². The first-order valence-corrected chi connectivity index (χ1v) is 12.1. The van der Waals surface area contributed by atoms with Crippen LogP contribution in [0.15, 0.2) is 60.7 Å². The Balaban J connectivity index is 2.04. The number of benzene rings is 2. The molecule has 12 heteroatoms. The van der Waals surface area contributed by atoms with Gasteiger partial charge in [0.2, 0.25) is 23.6 Å². The van der Waals surface area contributed by atoms with Crippen molar-refractivity contribution in [3.8, 4) is 0 Å². The Bertz CT molecular complexity index is 1090. The minimum Gasteiger partial charge on any atom is -0.480 e. The SMILES string of the molecule is NC(=O)CC(NC(=O)C(N)Cc1ccccc1)C(=O)NC(CS)C(=O)NC(Cc1ccccc1)C(=O)O. The average molecular weight is 530 g/mol. The highest BCUT2D eigenvalue weighted by Crippen LogP contribution is 2.06. The zero-order chi connectivity index (χ0) is 27.4. The normalized spacial score (nSPS) is 13.9. The van der Waals surface area contributed by atoms with Crippen molar-refractivity contribution in [1.29, 1.82) is 0 Å². The molecule has 2 rings (SSSR count). The molecule has 0 spiro atoms. The first kappa shape index (κ1) is 29.3. The van der Waals surface area contributed by atoms with Gasteiger partial charge in [-0.1, -0.05) is 60.7 Å². The second-order valence-corrected chi connectivity index (χ2v) is 8.73. The Labute approximate surface area is 219 Å². The standard InChI is InChI=1S/C25H31N5O6S/c26-17(11-15-7-3-1-4-8-15)22(32)28-18(13-21(27)31)23(33)30-20(14-37)24(34)29-19(25(35)36)12-16-9-5-2-6-10-16/h1-10,17-20,37H,11-14,26H2,(H2,27,31)(H,28,32)(H,29,34)(H,30,33)(H,35,36). The molecule has 37 heavy (non-hydrogen) atoms. The summed E-state index contributed by atoms with van der Waals surface area (Å²) in [5.41, 5.74) is 12.7. The smallest absolute Gasteiger partial charge is 0.326 e. The van der Waals surface area contributed by atoms with Gasteiger partial charge < -0.3 is 32.5 Å². The van der Waals surface area contributed by atoms with E-state index in [1.165, 1.54) is 0 Å². The van der Waals surface area contributed by atoms with E-state index in [9.17, 15) is 29.1 Å². The number of aliphatic carboxylic acids is 1. The molecule has 0 aromatic heterocycles. The zero-order valence-electron chi connectivity index (χ0n) is 20.0. The van der Waals surface area contributed by atoms with Crippen LogP contribution >= 0.6 is 12.6 Å². The number of carbonyl (C=O) groups excluding carboxylic acids is 4. The van der Waals surface area contributed by atoms with Crippen LogP contribution in [-0.2, 0) is 36.8 Å². The van der Waals surface area contributed by atoms with E-state index in [0.717, 1.165) is 5.56 Å². The fraction of sp³-hybridized carbons (Fsp3) is 0.320. The number of thiol groups is 1. The van der Waals surface area contributed by atoms with Gasteiger partial charge in [0.1, 0.15) is 18.1 Å². The molecular formula is C25H31N5O6S. The van der Waals surface area contributed by atoms with Crippen molar-refractivity contribution in [2.24, 2.45) is 11.5 Å². The lowest BCUT2D eigenvalue weighted by Crippen LogP contribution is -2.58. The number of nitrogens with two attached hydrogens (primary N) is 2. The Morgan fingerprint density at radius 3 is 1.68 bits per heavy atom. The Kier molecular flexibility index (Phi) is 11.6. The fourth-order valence-corrected chi connectivity index (χ4v) is 3.70. The number of rotatable bonds is 14. The summed E-state index contributed by atoms with van der Waals surface area (Å²) in [4.78, 5) is 61.5. The van der Waals surface area contributed by atoms with E-state index in [0.29, 0.717) is 5.56 Å². The van der Waals surface area contributed by atoms with E-state index in [1.807, 2.05) is 6.07 Å². The number of amides is 4. The van der Waals surface area contributed by atoms with Crippen molar-refractivity contribution in [3.05, 3.63) is 71.8 Å². The predicted molar refractivity (Wildman–Crippen MR) is 139 cm³/mol. The predicted octanol–water partition coefficient (Wildman–Crippen LogP) is -0.857. The van der Waals surface area contributed by atoms with Gasteiger partial charge in [0, 0.05) is 12.2 Å². The minimum atomic E-state index is -1.40. The van der Waals surface area contributed by atoms with Crippen LogP contribution in [0.1, 0.15) is 17.5 Å². The van der Waals surface area contributed by atoms with Crippen LogP contribution in [0.3, 0.4) is 0 Å². The number of carboxylic acid groups (broad SMARTS) is 1. The molecule has 2 aromatic rings. The van der Waals surface area contributed by atoms with Crippen molar-refractivity contribution in [1.82, 2.24) is 16.0 Å². The van der Waals surface area contributed by atoms with Gasteiger partial charge in [-0.25, -0.2) is 4.79 Å². The molecule has 0 heterocycles. The minimum absolute atomic E-state index is 0.0226. The molecule has 11 nitrogen and oxygen atoms in total. The molecule has 4 unspecified atom stereocenters.